The van der Waals surface area contributed by atoms with E-state index in [1.807, 2.05) is 0 Å². The first kappa shape index (κ1) is 10.3. The maximum atomic E-state index is 8.97. The van der Waals surface area contributed by atoms with Crippen molar-refractivity contribution in [2.45, 2.75) is 12.8 Å². The van der Waals surface area contributed by atoms with Crippen LogP contribution in [0.15, 0.2) is 5.11 Å². The summed E-state index contributed by atoms with van der Waals surface area (Å²) in [5.74, 6) is 0.416. The molecular formula is C8H16N4O. The predicted molar refractivity (Wildman–Crippen MR) is 50.3 cm³/mol. The first-order chi connectivity index (χ1) is 6.36. The van der Waals surface area contributed by atoms with Crippen LogP contribution in [0.1, 0.15) is 12.8 Å². The van der Waals surface area contributed by atoms with Crippen LogP contribution in [0.25, 0.3) is 10.4 Å². The second-order valence-electron chi connectivity index (χ2n) is 3.45. The number of hydrogen-bond acceptors (Lipinski definition) is 3. The Morgan fingerprint density at radius 2 is 2.46 bits per heavy atom. The number of likely N-dealkylation sites (tertiary alicyclic amines) is 1. The van der Waals surface area contributed by atoms with E-state index in [4.69, 9.17) is 10.6 Å². The molecule has 0 bridgehead atoms. The molecule has 5 nitrogen and oxygen atoms in total. The van der Waals surface area contributed by atoms with Gasteiger partial charge in [0.1, 0.15) is 0 Å². The molecule has 0 spiro atoms. The molecule has 1 rings (SSSR count). The lowest BCUT2D eigenvalue weighted by atomic mass is 9.99. The fourth-order valence-electron chi connectivity index (χ4n) is 1.73. The lowest BCUT2D eigenvalue weighted by molar-refractivity contribution is 0.123. The van der Waals surface area contributed by atoms with Gasteiger partial charge >= 0.3 is 0 Å². The monoisotopic (exact) mass is 184 g/mol. The van der Waals surface area contributed by atoms with E-state index in [1.165, 1.54) is 0 Å². The summed E-state index contributed by atoms with van der Waals surface area (Å²) < 4.78 is 0. The highest BCUT2D eigenvalue weighted by Gasteiger charge is 2.17. The fraction of sp³-hybridized carbons (Fsp3) is 1.00. The largest absolute Gasteiger partial charge is 0.396 e. The zero-order valence-corrected chi connectivity index (χ0v) is 7.76. The van der Waals surface area contributed by atoms with Crippen molar-refractivity contribution in [3.63, 3.8) is 0 Å². The third kappa shape index (κ3) is 3.63. The second kappa shape index (κ2) is 5.80. The fourth-order valence-corrected chi connectivity index (χ4v) is 1.73. The van der Waals surface area contributed by atoms with Crippen molar-refractivity contribution in [1.29, 1.82) is 0 Å². The molecule has 1 aliphatic rings. The van der Waals surface area contributed by atoms with Crippen LogP contribution in [0.3, 0.4) is 0 Å². The van der Waals surface area contributed by atoms with Crippen molar-refractivity contribution in [1.82, 2.24) is 4.90 Å². The Labute approximate surface area is 78.0 Å². The number of piperidine rings is 1. The van der Waals surface area contributed by atoms with E-state index in [2.05, 4.69) is 14.9 Å². The van der Waals surface area contributed by atoms with E-state index in [9.17, 15) is 0 Å². The van der Waals surface area contributed by atoms with E-state index in [0.29, 0.717) is 12.5 Å². The molecule has 1 fully saturated rings. The van der Waals surface area contributed by atoms with Crippen molar-refractivity contribution < 1.29 is 5.11 Å². The molecule has 0 saturated carbocycles. The Kier molecular flexibility index (Phi) is 4.60. The standard InChI is InChI=1S/C8H16N4O/c9-11-10-3-5-12-4-1-2-8(6-12)7-13/h8,13H,1-7H2. The van der Waals surface area contributed by atoms with Crippen LogP contribution in [0, 0.1) is 5.92 Å². The second-order valence-corrected chi connectivity index (χ2v) is 3.45. The molecule has 0 aromatic carbocycles. The zero-order chi connectivity index (χ0) is 9.52. The number of nitrogens with zero attached hydrogens (tertiary/aromatic N) is 4. The zero-order valence-electron chi connectivity index (χ0n) is 7.76. The summed E-state index contributed by atoms with van der Waals surface area (Å²) in [4.78, 5) is 4.96. The smallest absolute Gasteiger partial charge is 0.0471 e. The maximum Gasteiger partial charge on any atom is 0.0471 e. The van der Waals surface area contributed by atoms with Gasteiger partial charge in [-0.05, 0) is 30.8 Å². The van der Waals surface area contributed by atoms with E-state index in [1.54, 1.807) is 0 Å². The molecule has 1 heterocycles. The quantitative estimate of drug-likeness (QED) is 0.402. The summed E-state index contributed by atoms with van der Waals surface area (Å²) in [6.07, 6.45) is 2.26. The molecule has 1 aliphatic heterocycles. The first-order valence-corrected chi connectivity index (χ1v) is 4.71. The van der Waals surface area contributed by atoms with E-state index < -0.39 is 0 Å². The van der Waals surface area contributed by atoms with Crippen molar-refractivity contribution in [3.05, 3.63) is 10.4 Å². The highest BCUT2D eigenvalue weighted by Crippen LogP contribution is 2.14. The lowest BCUT2D eigenvalue weighted by Gasteiger charge is -2.31. The Balaban J connectivity index is 2.21. The van der Waals surface area contributed by atoms with Gasteiger partial charge in [-0.15, -0.1) is 0 Å². The molecule has 1 atom stereocenters. The van der Waals surface area contributed by atoms with Crippen molar-refractivity contribution in [2.75, 3.05) is 32.8 Å². The SMILES string of the molecule is [N-]=[N+]=NCCN1CCCC(CO)C1. The van der Waals surface area contributed by atoms with Crippen LogP contribution < -0.4 is 0 Å². The van der Waals surface area contributed by atoms with Gasteiger partial charge in [0.05, 0.1) is 0 Å². The number of azide groups is 1. The molecule has 1 N–H and O–H groups in total. The topological polar surface area (TPSA) is 72.2 Å². The first-order valence-electron chi connectivity index (χ1n) is 4.71. The van der Waals surface area contributed by atoms with Gasteiger partial charge < -0.3 is 10.0 Å². The molecule has 0 aliphatic carbocycles. The Hall–Kier alpha value is -0.770. The summed E-state index contributed by atoms with van der Waals surface area (Å²) >= 11 is 0. The third-order valence-electron chi connectivity index (χ3n) is 2.44. The van der Waals surface area contributed by atoms with Gasteiger partial charge in [0.15, 0.2) is 0 Å². The van der Waals surface area contributed by atoms with Crippen LogP contribution in [-0.2, 0) is 0 Å². The minimum Gasteiger partial charge on any atom is -0.396 e. The minimum atomic E-state index is 0.276. The summed E-state index contributed by atoms with van der Waals surface area (Å²) in [5.41, 5.74) is 8.09. The van der Waals surface area contributed by atoms with Gasteiger partial charge in [0, 0.05) is 31.2 Å². The van der Waals surface area contributed by atoms with E-state index >= 15 is 0 Å². The highest BCUT2D eigenvalue weighted by molar-refractivity contribution is 4.72. The van der Waals surface area contributed by atoms with Gasteiger partial charge in [-0.1, -0.05) is 5.11 Å². The minimum absolute atomic E-state index is 0.276. The molecule has 74 valence electrons. The Morgan fingerprint density at radius 3 is 3.15 bits per heavy atom. The summed E-state index contributed by atoms with van der Waals surface area (Å²) in [5, 5.41) is 12.5. The molecule has 0 aromatic heterocycles. The third-order valence-corrected chi connectivity index (χ3v) is 2.44. The van der Waals surface area contributed by atoms with Crippen LogP contribution in [0.4, 0.5) is 0 Å². The number of rotatable bonds is 4. The number of aliphatic hydroxyl groups is 1. The maximum absolute atomic E-state index is 8.97. The van der Waals surface area contributed by atoms with Crippen LogP contribution in [-0.4, -0.2) is 42.8 Å². The van der Waals surface area contributed by atoms with Gasteiger partial charge in [-0.25, -0.2) is 0 Å². The van der Waals surface area contributed by atoms with E-state index in [0.717, 1.165) is 32.5 Å². The average Bonchev–Trinajstić information content (AvgIpc) is 2.19. The highest BCUT2D eigenvalue weighted by atomic mass is 16.3. The van der Waals surface area contributed by atoms with Gasteiger partial charge in [0.25, 0.3) is 0 Å². The van der Waals surface area contributed by atoms with Crippen LogP contribution >= 0.6 is 0 Å². The molecule has 0 radical (unpaired) electrons. The molecular weight excluding hydrogens is 168 g/mol. The van der Waals surface area contributed by atoms with Gasteiger partial charge in [0.2, 0.25) is 0 Å². The normalized spacial score (nSPS) is 23.9. The average molecular weight is 184 g/mol. The predicted octanol–water partition coefficient (Wildman–Crippen LogP) is 1.00. The van der Waals surface area contributed by atoms with Gasteiger partial charge in [-0.2, -0.15) is 0 Å². The van der Waals surface area contributed by atoms with Crippen molar-refractivity contribution in [3.8, 4) is 0 Å². The summed E-state index contributed by atoms with van der Waals surface area (Å²) in [6, 6.07) is 0. The molecule has 13 heavy (non-hydrogen) atoms. The van der Waals surface area contributed by atoms with E-state index in [-0.39, 0.29) is 6.61 Å². The van der Waals surface area contributed by atoms with Gasteiger partial charge in [-0.3, -0.25) is 0 Å². The molecule has 5 heteroatoms. The number of aliphatic hydroxyl groups excluding tert-OH is 1. The number of hydrogen-bond donors (Lipinski definition) is 1. The van der Waals surface area contributed by atoms with Crippen molar-refractivity contribution in [2.24, 2.45) is 11.0 Å². The summed E-state index contributed by atoms with van der Waals surface area (Å²) in [6.45, 7) is 3.64. The molecule has 0 amide bonds. The molecule has 1 saturated heterocycles. The molecule has 1 unspecified atom stereocenters. The Bertz CT molecular complexity index is 191. The van der Waals surface area contributed by atoms with Crippen molar-refractivity contribution >= 4 is 0 Å². The van der Waals surface area contributed by atoms with Crippen LogP contribution in [0.2, 0.25) is 0 Å². The lowest BCUT2D eigenvalue weighted by Crippen LogP contribution is -2.38. The molecule has 0 aromatic rings. The Morgan fingerprint density at radius 1 is 1.62 bits per heavy atom. The van der Waals surface area contributed by atoms with Crippen LogP contribution in [0.5, 0.6) is 0 Å². The summed E-state index contributed by atoms with van der Waals surface area (Å²) in [7, 11) is 0.